The number of aryl methyl sites for hydroxylation is 1. The number of aliphatic hydroxyl groups is 1. The zero-order valence-corrected chi connectivity index (χ0v) is 8.69. The molecule has 1 aromatic heterocycles. The largest absolute Gasteiger partial charge is 0.394 e. The van der Waals surface area contributed by atoms with Crippen LogP contribution in [0.15, 0.2) is 18.5 Å². The van der Waals surface area contributed by atoms with Crippen molar-refractivity contribution in [3.05, 3.63) is 18.5 Å². The lowest BCUT2D eigenvalue weighted by Gasteiger charge is -2.25. The van der Waals surface area contributed by atoms with Gasteiger partial charge in [-0.15, -0.1) is 0 Å². The third kappa shape index (κ3) is 3.12. The first-order valence-corrected chi connectivity index (χ1v) is 5.07. The summed E-state index contributed by atoms with van der Waals surface area (Å²) in [5.74, 6) is 0. The van der Waals surface area contributed by atoms with Gasteiger partial charge in [0.15, 0.2) is 0 Å². The average molecular weight is 197 g/mol. The SMILES string of the molecule is CCC(N)(CO)CCCn1cccn1. The molecule has 3 N–H and O–H groups in total. The van der Waals surface area contributed by atoms with Gasteiger partial charge in [0.1, 0.15) is 0 Å². The van der Waals surface area contributed by atoms with Gasteiger partial charge in [0, 0.05) is 24.5 Å². The minimum atomic E-state index is -0.410. The fraction of sp³-hybridized carbons (Fsp3) is 0.700. The number of nitrogens with two attached hydrogens (primary N) is 1. The quantitative estimate of drug-likeness (QED) is 0.707. The molecule has 0 saturated carbocycles. The molecule has 0 aliphatic rings. The molecule has 0 aromatic carbocycles. The van der Waals surface area contributed by atoms with Gasteiger partial charge in [0.25, 0.3) is 0 Å². The fourth-order valence-corrected chi connectivity index (χ4v) is 1.39. The highest BCUT2D eigenvalue weighted by molar-refractivity contribution is 4.82. The molecule has 1 rings (SSSR count). The van der Waals surface area contributed by atoms with Crippen molar-refractivity contribution < 1.29 is 5.11 Å². The van der Waals surface area contributed by atoms with Crippen molar-refractivity contribution in [1.29, 1.82) is 0 Å². The standard InChI is InChI=1S/C10H19N3O/c1-2-10(11,9-14)5-3-7-13-8-4-6-12-13/h4,6,8,14H,2-3,5,7,9,11H2,1H3. The second-order valence-corrected chi connectivity index (χ2v) is 3.75. The molecule has 1 aromatic rings. The number of hydrogen-bond donors (Lipinski definition) is 2. The number of nitrogens with zero attached hydrogens (tertiary/aromatic N) is 2. The molecule has 1 heterocycles. The maximum atomic E-state index is 9.10. The summed E-state index contributed by atoms with van der Waals surface area (Å²) in [5.41, 5.74) is 5.55. The van der Waals surface area contributed by atoms with Crippen molar-refractivity contribution in [3.8, 4) is 0 Å². The van der Waals surface area contributed by atoms with Crippen molar-refractivity contribution in [2.75, 3.05) is 6.61 Å². The van der Waals surface area contributed by atoms with E-state index in [2.05, 4.69) is 5.10 Å². The van der Waals surface area contributed by atoms with Crippen LogP contribution < -0.4 is 5.73 Å². The van der Waals surface area contributed by atoms with E-state index in [0.717, 1.165) is 25.8 Å². The van der Waals surface area contributed by atoms with Gasteiger partial charge in [0.05, 0.1) is 6.61 Å². The molecule has 4 heteroatoms. The van der Waals surface area contributed by atoms with Crippen molar-refractivity contribution in [2.45, 2.75) is 38.3 Å². The molecule has 0 aliphatic carbocycles. The molecule has 0 bridgehead atoms. The number of hydrogen-bond acceptors (Lipinski definition) is 3. The summed E-state index contributed by atoms with van der Waals surface area (Å²) in [6.07, 6.45) is 6.29. The number of aromatic nitrogens is 2. The van der Waals surface area contributed by atoms with Crippen molar-refractivity contribution in [3.63, 3.8) is 0 Å². The molecule has 0 radical (unpaired) electrons. The maximum Gasteiger partial charge on any atom is 0.0611 e. The Hall–Kier alpha value is -0.870. The predicted molar refractivity (Wildman–Crippen MR) is 55.8 cm³/mol. The molecule has 1 unspecified atom stereocenters. The van der Waals surface area contributed by atoms with E-state index >= 15 is 0 Å². The van der Waals surface area contributed by atoms with Crippen LogP contribution in [0.1, 0.15) is 26.2 Å². The summed E-state index contributed by atoms with van der Waals surface area (Å²) in [4.78, 5) is 0. The molecule has 4 nitrogen and oxygen atoms in total. The molecule has 0 aliphatic heterocycles. The highest BCUT2D eigenvalue weighted by Gasteiger charge is 2.20. The van der Waals surface area contributed by atoms with Crippen LogP contribution in [-0.2, 0) is 6.54 Å². The van der Waals surface area contributed by atoms with Crippen LogP contribution in [0.25, 0.3) is 0 Å². The van der Waals surface area contributed by atoms with Crippen molar-refractivity contribution in [1.82, 2.24) is 9.78 Å². The highest BCUT2D eigenvalue weighted by atomic mass is 16.3. The lowest BCUT2D eigenvalue weighted by Crippen LogP contribution is -2.43. The zero-order valence-electron chi connectivity index (χ0n) is 8.69. The summed E-state index contributed by atoms with van der Waals surface area (Å²) in [6, 6.07) is 1.90. The predicted octanol–water partition coefficient (Wildman–Crippen LogP) is 0.763. The second kappa shape index (κ2) is 5.12. The Labute approximate surface area is 84.7 Å². The van der Waals surface area contributed by atoms with Crippen molar-refractivity contribution >= 4 is 0 Å². The van der Waals surface area contributed by atoms with Gasteiger partial charge in [-0.3, -0.25) is 4.68 Å². The van der Waals surface area contributed by atoms with Gasteiger partial charge < -0.3 is 10.8 Å². The minimum Gasteiger partial charge on any atom is -0.394 e. The Kier molecular flexibility index (Phi) is 4.10. The highest BCUT2D eigenvalue weighted by Crippen LogP contribution is 2.13. The Bertz CT molecular complexity index is 242. The first-order chi connectivity index (χ1) is 6.70. The van der Waals surface area contributed by atoms with Crippen LogP contribution in [0.3, 0.4) is 0 Å². The van der Waals surface area contributed by atoms with E-state index in [1.54, 1.807) is 6.20 Å². The molecule has 0 amide bonds. The summed E-state index contributed by atoms with van der Waals surface area (Å²) < 4.78 is 1.88. The lowest BCUT2D eigenvalue weighted by atomic mass is 9.93. The van der Waals surface area contributed by atoms with Crippen LogP contribution in [-0.4, -0.2) is 27.0 Å². The van der Waals surface area contributed by atoms with E-state index < -0.39 is 5.54 Å². The molecule has 1 atom stereocenters. The molecular weight excluding hydrogens is 178 g/mol. The van der Waals surface area contributed by atoms with Gasteiger partial charge in [0.2, 0.25) is 0 Å². The van der Waals surface area contributed by atoms with Gasteiger partial charge in [-0.2, -0.15) is 5.10 Å². The Morgan fingerprint density at radius 2 is 2.36 bits per heavy atom. The number of rotatable bonds is 6. The third-order valence-electron chi connectivity index (χ3n) is 2.64. The van der Waals surface area contributed by atoms with Crippen LogP contribution in [0.5, 0.6) is 0 Å². The smallest absolute Gasteiger partial charge is 0.0611 e. The van der Waals surface area contributed by atoms with Gasteiger partial charge in [-0.05, 0) is 25.3 Å². The second-order valence-electron chi connectivity index (χ2n) is 3.75. The topological polar surface area (TPSA) is 64.1 Å². The Morgan fingerprint density at radius 1 is 1.57 bits per heavy atom. The van der Waals surface area contributed by atoms with E-state index in [-0.39, 0.29) is 6.61 Å². The van der Waals surface area contributed by atoms with Crippen LogP contribution in [0.2, 0.25) is 0 Å². The first kappa shape index (κ1) is 11.2. The third-order valence-corrected chi connectivity index (χ3v) is 2.64. The first-order valence-electron chi connectivity index (χ1n) is 5.07. The number of aliphatic hydroxyl groups excluding tert-OH is 1. The monoisotopic (exact) mass is 197 g/mol. The Balaban J connectivity index is 2.27. The van der Waals surface area contributed by atoms with E-state index in [4.69, 9.17) is 10.8 Å². The van der Waals surface area contributed by atoms with Crippen molar-refractivity contribution in [2.24, 2.45) is 5.73 Å². The molecular formula is C10H19N3O. The van der Waals surface area contributed by atoms with Crippen LogP contribution in [0.4, 0.5) is 0 Å². The summed E-state index contributed by atoms with van der Waals surface area (Å²) >= 11 is 0. The Morgan fingerprint density at radius 3 is 2.86 bits per heavy atom. The molecule has 0 saturated heterocycles. The fourth-order valence-electron chi connectivity index (χ4n) is 1.39. The van der Waals surface area contributed by atoms with Gasteiger partial charge >= 0.3 is 0 Å². The van der Waals surface area contributed by atoms with E-state index in [0.29, 0.717) is 0 Å². The average Bonchev–Trinajstić information content (AvgIpc) is 2.70. The summed E-state index contributed by atoms with van der Waals surface area (Å²) in [5, 5.41) is 13.2. The van der Waals surface area contributed by atoms with Gasteiger partial charge in [-0.1, -0.05) is 6.92 Å². The summed E-state index contributed by atoms with van der Waals surface area (Å²) in [7, 11) is 0. The van der Waals surface area contributed by atoms with E-state index in [1.807, 2.05) is 23.9 Å². The lowest BCUT2D eigenvalue weighted by molar-refractivity contribution is 0.178. The van der Waals surface area contributed by atoms with Gasteiger partial charge in [-0.25, -0.2) is 0 Å². The van der Waals surface area contributed by atoms with Crippen LogP contribution in [0, 0.1) is 0 Å². The normalized spacial score (nSPS) is 15.4. The molecule has 14 heavy (non-hydrogen) atoms. The van der Waals surface area contributed by atoms with E-state index in [9.17, 15) is 0 Å². The van der Waals surface area contributed by atoms with Crippen LogP contribution >= 0.6 is 0 Å². The molecule has 0 fully saturated rings. The summed E-state index contributed by atoms with van der Waals surface area (Å²) in [6.45, 7) is 2.93. The molecule has 0 spiro atoms. The van der Waals surface area contributed by atoms with E-state index in [1.165, 1.54) is 0 Å². The molecule has 80 valence electrons. The zero-order chi connectivity index (χ0) is 10.4. The minimum absolute atomic E-state index is 0.0581. The maximum absolute atomic E-state index is 9.10.